The number of fused-ring (bicyclic) bond motifs is 1. The lowest BCUT2D eigenvalue weighted by Crippen LogP contribution is -2.39. The monoisotopic (exact) mass is 370 g/mol. The highest BCUT2D eigenvalue weighted by Crippen LogP contribution is 2.30. The Balaban J connectivity index is 1.76. The first-order valence-corrected chi connectivity index (χ1v) is 9.34. The second-order valence-corrected chi connectivity index (χ2v) is 7.80. The highest BCUT2D eigenvalue weighted by atomic mass is 35.5. The molecule has 4 rings (SSSR count). The number of anilines is 3. The van der Waals surface area contributed by atoms with Crippen molar-refractivity contribution in [1.29, 1.82) is 0 Å². The summed E-state index contributed by atoms with van der Waals surface area (Å²) in [7, 11) is 1.91. The van der Waals surface area contributed by atoms with Gasteiger partial charge < -0.3 is 10.2 Å². The lowest BCUT2D eigenvalue weighted by Gasteiger charge is -2.35. The zero-order chi connectivity index (χ0) is 18.3. The van der Waals surface area contributed by atoms with Crippen molar-refractivity contribution in [3.63, 3.8) is 0 Å². The molecule has 3 heterocycles. The highest BCUT2D eigenvalue weighted by molar-refractivity contribution is 6.30. The average Bonchev–Trinajstić information content (AvgIpc) is 2.96. The van der Waals surface area contributed by atoms with Gasteiger partial charge in [-0.05, 0) is 36.5 Å². The number of aromatic nitrogens is 4. The van der Waals surface area contributed by atoms with E-state index < -0.39 is 0 Å². The normalized spacial score (nSPS) is 20.5. The number of nitrogens with zero attached hydrogens (tertiary/aromatic N) is 5. The van der Waals surface area contributed by atoms with Crippen molar-refractivity contribution >= 4 is 40.1 Å². The number of hydrogen-bond acceptors (Lipinski definition) is 5. The third kappa shape index (κ3) is 3.33. The Morgan fingerprint density at radius 3 is 2.65 bits per heavy atom. The third-order valence-electron chi connectivity index (χ3n) is 4.82. The minimum Gasteiger partial charge on any atom is -0.340 e. The van der Waals surface area contributed by atoms with Gasteiger partial charge in [0.1, 0.15) is 5.82 Å². The van der Waals surface area contributed by atoms with Crippen LogP contribution in [0, 0.1) is 11.8 Å². The van der Waals surface area contributed by atoms with Crippen LogP contribution in [-0.4, -0.2) is 32.8 Å². The molecule has 0 unspecified atom stereocenters. The van der Waals surface area contributed by atoms with E-state index in [1.165, 1.54) is 6.42 Å². The second kappa shape index (κ2) is 6.76. The van der Waals surface area contributed by atoms with E-state index in [2.05, 4.69) is 29.2 Å². The maximum Gasteiger partial charge on any atom is 0.229 e. The van der Waals surface area contributed by atoms with Crippen LogP contribution in [-0.2, 0) is 7.05 Å². The fourth-order valence-electron chi connectivity index (χ4n) is 3.78. The maximum absolute atomic E-state index is 6.12. The van der Waals surface area contributed by atoms with Gasteiger partial charge in [-0.2, -0.15) is 15.1 Å². The Morgan fingerprint density at radius 1 is 1.15 bits per heavy atom. The van der Waals surface area contributed by atoms with Crippen LogP contribution in [0.5, 0.6) is 0 Å². The number of piperidine rings is 1. The van der Waals surface area contributed by atoms with Gasteiger partial charge in [0.05, 0.1) is 11.6 Å². The minimum atomic E-state index is 0.633. The third-order valence-corrected chi connectivity index (χ3v) is 5.05. The minimum absolute atomic E-state index is 0.633. The quantitative estimate of drug-likeness (QED) is 0.747. The van der Waals surface area contributed by atoms with E-state index in [-0.39, 0.29) is 0 Å². The van der Waals surface area contributed by atoms with Crippen molar-refractivity contribution in [2.75, 3.05) is 23.3 Å². The number of halogens is 1. The standard InChI is InChI=1S/C19H23ClN6/c1-12-7-13(2)11-26(10-12)19-23-17(16-9-21-25(3)18(16)24-19)22-15-6-4-5-14(20)8-15/h4-6,8-9,12-13H,7,10-11H2,1-3H3,(H,22,23,24)/t12-,13-/m0/s1. The van der Waals surface area contributed by atoms with Crippen LogP contribution < -0.4 is 10.2 Å². The summed E-state index contributed by atoms with van der Waals surface area (Å²) >= 11 is 6.12. The van der Waals surface area contributed by atoms with Crippen molar-refractivity contribution in [1.82, 2.24) is 19.7 Å². The molecule has 1 aromatic carbocycles. The van der Waals surface area contributed by atoms with Crippen LogP contribution in [0.1, 0.15) is 20.3 Å². The van der Waals surface area contributed by atoms with Gasteiger partial charge in [-0.25, -0.2) is 0 Å². The van der Waals surface area contributed by atoms with Crippen LogP contribution in [0.2, 0.25) is 5.02 Å². The van der Waals surface area contributed by atoms with Gasteiger partial charge in [-0.3, -0.25) is 4.68 Å². The van der Waals surface area contributed by atoms with Crippen LogP contribution in [0.25, 0.3) is 11.0 Å². The lowest BCUT2D eigenvalue weighted by atomic mass is 9.92. The van der Waals surface area contributed by atoms with Crippen LogP contribution >= 0.6 is 11.6 Å². The van der Waals surface area contributed by atoms with Crippen LogP contribution in [0.3, 0.4) is 0 Å². The van der Waals surface area contributed by atoms with Gasteiger partial charge >= 0.3 is 0 Å². The molecular weight excluding hydrogens is 348 g/mol. The van der Waals surface area contributed by atoms with Gasteiger partial charge in [0, 0.05) is 30.8 Å². The van der Waals surface area contributed by atoms with Crippen molar-refractivity contribution < 1.29 is 0 Å². The van der Waals surface area contributed by atoms with Crippen LogP contribution in [0.4, 0.5) is 17.5 Å². The fourth-order valence-corrected chi connectivity index (χ4v) is 3.97. The molecule has 0 bridgehead atoms. The van der Waals surface area contributed by atoms with Crippen molar-refractivity contribution in [2.24, 2.45) is 18.9 Å². The summed E-state index contributed by atoms with van der Waals surface area (Å²) in [4.78, 5) is 11.9. The number of benzene rings is 1. The zero-order valence-electron chi connectivity index (χ0n) is 15.3. The van der Waals surface area contributed by atoms with E-state index in [0.29, 0.717) is 16.9 Å². The second-order valence-electron chi connectivity index (χ2n) is 7.36. The molecule has 1 N–H and O–H groups in total. The van der Waals surface area contributed by atoms with E-state index in [9.17, 15) is 0 Å². The lowest BCUT2D eigenvalue weighted by molar-refractivity contribution is 0.354. The summed E-state index contributed by atoms with van der Waals surface area (Å²) < 4.78 is 1.79. The molecule has 0 aliphatic carbocycles. The molecular formula is C19H23ClN6. The molecule has 7 heteroatoms. The van der Waals surface area contributed by atoms with Crippen LogP contribution in [0.15, 0.2) is 30.5 Å². The number of aryl methyl sites for hydroxylation is 1. The molecule has 2 atom stereocenters. The van der Waals surface area contributed by atoms with Gasteiger partial charge in [0.2, 0.25) is 5.95 Å². The fraction of sp³-hybridized carbons (Fsp3) is 0.421. The zero-order valence-corrected chi connectivity index (χ0v) is 16.0. The predicted molar refractivity (Wildman–Crippen MR) is 106 cm³/mol. The van der Waals surface area contributed by atoms with Crippen molar-refractivity contribution in [2.45, 2.75) is 20.3 Å². The first-order valence-electron chi connectivity index (χ1n) is 8.97. The molecule has 0 saturated carbocycles. The van der Waals surface area contributed by atoms with Gasteiger partial charge in [-0.1, -0.05) is 31.5 Å². The Hall–Kier alpha value is -2.34. The summed E-state index contributed by atoms with van der Waals surface area (Å²) in [6, 6.07) is 7.63. The number of hydrogen-bond donors (Lipinski definition) is 1. The average molecular weight is 371 g/mol. The van der Waals surface area contributed by atoms with Gasteiger partial charge in [-0.15, -0.1) is 0 Å². The topological polar surface area (TPSA) is 58.9 Å². The maximum atomic E-state index is 6.12. The summed E-state index contributed by atoms with van der Waals surface area (Å²) in [5, 5.41) is 9.33. The van der Waals surface area contributed by atoms with E-state index >= 15 is 0 Å². The molecule has 1 aliphatic rings. The number of nitrogens with one attached hydrogen (secondary N) is 1. The highest BCUT2D eigenvalue weighted by Gasteiger charge is 2.25. The van der Waals surface area contributed by atoms with E-state index in [0.717, 1.165) is 41.6 Å². The Kier molecular flexibility index (Phi) is 4.44. The summed E-state index contributed by atoms with van der Waals surface area (Å²) in [5.41, 5.74) is 1.72. The first kappa shape index (κ1) is 17.1. The largest absolute Gasteiger partial charge is 0.340 e. The predicted octanol–water partition coefficient (Wildman–Crippen LogP) is 4.24. The van der Waals surface area contributed by atoms with Gasteiger partial charge in [0.15, 0.2) is 5.65 Å². The molecule has 1 fully saturated rings. The van der Waals surface area contributed by atoms with E-state index in [4.69, 9.17) is 21.6 Å². The smallest absolute Gasteiger partial charge is 0.229 e. The molecule has 136 valence electrons. The molecule has 0 radical (unpaired) electrons. The molecule has 3 aromatic rings. The van der Waals surface area contributed by atoms with E-state index in [1.54, 1.807) is 10.9 Å². The van der Waals surface area contributed by atoms with Gasteiger partial charge in [0.25, 0.3) is 0 Å². The van der Waals surface area contributed by atoms with Crippen molar-refractivity contribution in [3.05, 3.63) is 35.5 Å². The van der Waals surface area contributed by atoms with E-state index in [1.807, 2.05) is 31.3 Å². The molecule has 0 spiro atoms. The Morgan fingerprint density at radius 2 is 1.92 bits per heavy atom. The Bertz CT molecular complexity index is 927. The summed E-state index contributed by atoms with van der Waals surface area (Å²) in [5.74, 6) is 2.78. The SMILES string of the molecule is C[C@H]1C[C@H](C)CN(c2nc(Nc3cccc(Cl)c3)c3cnn(C)c3n2)C1. The summed E-state index contributed by atoms with van der Waals surface area (Å²) in [6.07, 6.45) is 3.05. The Labute approximate surface area is 158 Å². The molecule has 2 aromatic heterocycles. The first-order chi connectivity index (χ1) is 12.5. The number of rotatable bonds is 3. The molecule has 1 aliphatic heterocycles. The molecule has 1 saturated heterocycles. The molecule has 6 nitrogen and oxygen atoms in total. The summed E-state index contributed by atoms with van der Waals surface area (Å²) in [6.45, 7) is 6.53. The van der Waals surface area contributed by atoms with Crippen molar-refractivity contribution in [3.8, 4) is 0 Å². The molecule has 0 amide bonds. The molecule has 26 heavy (non-hydrogen) atoms.